The minimum absolute atomic E-state index is 0.0105. The van der Waals surface area contributed by atoms with Crippen LogP contribution in [0.3, 0.4) is 0 Å². The summed E-state index contributed by atoms with van der Waals surface area (Å²) in [6, 6.07) is 0. The molecule has 0 saturated heterocycles. The predicted molar refractivity (Wildman–Crippen MR) is 62.9 cm³/mol. The molecule has 0 aliphatic rings. The van der Waals surface area contributed by atoms with E-state index in [1.165, 1.54) is 7.11 Å². The Bertz CT molecular complexity index is 311. The van der Waals surface area contributed by atoms with E-state index in [-0.39, 0.29) is 23.1 Å². The van der Waals surface area contributed by atoms with Crippen molar-refractivity contribution in [2.45, 2.75) is 13.8 Å². The third kappa shape index (κ3) is 4.32. The van der Waals surface area contributed by atoms with E-state index in [0.717, 1.165) is 0 Å². The SMILES string of the molecule is CCOP(=O)(OCC)/C(=C(\[O-])OC)[N+](C)(C)C. The summed E-state index contributed by atoms with van der Waals surface area (Å²) in [5.41, 5.74) is -0.0105. The van der Waals surface area contributed by atoms with Crippen molar-refractivity contribution >= 4 is 7.60 Å². The summed E-state index contributed by atoms with van der Waals surface area (Å²) in [6.07, 6.45) is 0. The summed E-state index contributed by atoms with van der Waals surface area (Å²) in [6.45, 7) is 3.77. The van der Waals surface area contributed by atoms with Crippen LogP contribution in [0.1, 0.15) is 13.8 Å². The number of methoxy groups -OCH3 is 1. The minimum atomic E-state index is -3.61. The van der Waals surface area contributed by atoms with Crippen LogP contribution in [0.2, 0.25) is 0 Å². The summed E-state index contributed by atoms with van der Waals surface area (Å²) in [4.78, 5) is 0. The molecule has 0 bridgehead atoms. The van der Waals surface area contributed by atoms with E-state index < -0.39 is 13.5 Å². The number of rotatable bonds is 7. The van der Waals surface area contributed by atoms with Crippen LogP contribution >= 0.6 is 7.60 Å². The first-order valence-corrected chi connectivity index (χ1v) is 6.94. The molecule has 0 aromatic rings. The predicted octanol–water partition coefficient (Wildman–Crippen LogP) is 1.09. The highest BCUT2D eigenvalue weighted by molar-refractivity contribution is 7.58. The van der Waals surface area contributed by atoms with Crippen LogP contribution in [0.25, 0.3) is 0 Å². The second-order valence-electron chi connectivity index (χ2n) is 4.16. The molecule has 0 atom stereocenters. The quantitative estimate of drug-likeness (QED) is 0.392. The van der Waals surface area contributed by atoms with E-state index in [1.807, 2.05) is 0 Å². The number of quaternary nitrogens is 1. The van der Waals surface area contributed by atoms with Crippen LogP contribution in [0.4, 0.5) is 0 Å². The van der Waals surface area contributed by atoms with Gasteiger partial charge in [-0.15, -0.1) is 0 Å². The molecule has 0 rings (SSSR count). The molecular formula is C10H22NO5P. The van der Waals surface area contributed by atoms with Crippen LogP contribution in [0.15, 0.2) is 11.4 Å². The molecule has 0 unspecified atom stereocenters. The van der Waals surface area contributed by atoms with Gasteiger partial charge in [0, 0.05) is 0 Å². The number of ether oxygens (including phenoxy) is 1. The van der Waals surface area contributed by atoms with Crippen LogP contribution < -0.4 is 5.11 Å². The van der Waals surface area contributed by atoms with Gasteiger partial charge in [0.1, 0.15) is 5.95 Å². The fourth-order valence-corrected chi connectivity index (χ4v) is 3.39. The molecule has 6 nitrogen and oxygen atoms in total. The molecular weight excluding hydrogens is 245 g/mol. The van der Waals surface area contributed by atoms with E-state index in [1.54, 1.807) is 35.0 Å². The lowest BCUT2D eigenvalue weighted by atomic mass is 10.6. The summed E-state index contributed by atoms with van der Waals surface area (Å²) in [5.74, 6) is -0.678. The summed E-state index contributed by atoms with van der Waals surface area (Å²) in [5, 5.41) is 11.7. The maximum atomic E-state index is 12.6. The van der Waals surface area contributed by atoms with Crippen LogP contribution in [-0.2, 0) is 18.3 Å². The normalized spacial score (nSPS) is 14.5. The van der Waals surface area contributed by atoms with Crippen molar-refractivity contribution < 1.29 is 27.9 Å². The van der Waals surface area contributed by atoms with Gasteiger partial charge in [0.05, 0.1) is 34.4 Å². The molecule has 0 radical (unpaired) electrons. The third-order valence-corrected chi connectivity index (χ3v) is 4.36. The van der Waals surface area contributed by atoms with Gasteiger partial charge in [-0.3, -0.25) is 4.48 Å². The van der Waals surface area contributed by atoms with Crippen LogP contribution in [0, 0.1) is 0 Å². The van der Waals surface area contributed by atoms with Crippen molar-refractivity contribution in [2.75, 3.05) is 41.5 Å². The topological polar surface area (TPSA) is 67.8 Å². The van der Waals surface area contributed by atoms with Gasteiger partial charge in [-0.1, -0.05) is 0 Å². The Labute approximate surface area is 103 Å². The number of nitrogens with zero attached hydrogens (tertiary/aromatic N) is 1. The van der Waals surface area contributed by atoms with Crippen LogP contribution in [-0.4, -0.2) is 45.9 Å². The molecule has 0 aliphatic heterocycles. The van der Waals surface area contributed by atoms with E-state index in [0.29, 0.717) is 0 Å². The average Bonchev–Trinajstić information content (AvgIpc) is 2.15. The van der Waals surface area contributed by atoms with Crippen molar-refractivity contribution in [3.63, 3.8) is 0 Å². The largest absolute Gasteiger partial charge is 0.612 e. The van der Waals surface area contributed by atoms with Gasteiger partial charge in [0.15, 0.2) is 0 Å². The van der Waals surface area contributed by atoms with Gasteiger partial charge in [-0.2, -0.15) is 0 Å². The van der Waals surface area contributed by atoms with Gasteiger partial charge < -0.3 is 18.9 Å². The van der Waals surface area contributed by atoms with Gasteiger partial charge in [-0.25, -0.2) is 4.57 Å². The van der Waals surface area contributed by atoms with Gasteiger partial charge >= 0.3 is 7.60 Å². The maximum Gasteiger partial charge on any atom is 0.415 e. The van der Waals surface area contributed by atoms with E-state index in [2.05, 4.69) is 4.74 Å². The van der Waals surface area contributed by atoms with Crippen molar-refractivity contribution in [1.82, 2.24) is 0 Å². The zero-order valence-electron chi connectivity index (χ0n) is 11.3. The van der Waals surface area contributed by atoms with Gasteiger partial charge in [-0.05, 0) is 21.0 Å². The van der Waals surface area contributed by atoms with E-state index in [9.17, 15) is 9.67 Å². The second kappa shape index (κ2) is 6.40. The van der Waals surface area contributed by atoms with Crippen LogP contribution in [0.5, 0.6) is 0 Å². The Balaban J connectivity index is 5.65. The monoisotopic (exact) mass is 267 g/mol. The third-order valence-electron chi connectivity index (χ3n) is 1.86. The highest BCUT2D eigenvalue weighted by Crippen LogP contribution is 2.58. The fraction of sp³-hybridized carbons (Fsp3) is 0.800. The lowest BCUT2D eigenvalue weighted by Gasteiger charge is -2.33. The van der Waals surface area contributed by atoms with Crippen molar-refractivity contribution in [3.05, 3.63) is 11.4 Å². The zero-order chi connectivity index (χ0) is 13.7. The van der Waals surface area contributed by atoms with Gasteiger partial charge in [0.2, 0.25) is 5.44 Å². The molecule has 0 aromatic heterocycles. The van der Waals surface area contributed by atoms with Crippen molar-refractivity contribution in [1.29, 1.82) is 0 Å². The molecule has 0 fully saturated rings. The minimum Gasteiger partial charge on any atom is -0.612 e. The molecule has 0 N–H and O–H groups in total. The Kier molecular flexibility index (Phi) is 6.19. The highest BCUT2D eigenvalue weighted by Gasteiger charge is 2.41. The first-order valence-electron chi connectivity index (χ1n) is 5.39. The molecule has 0 amide bonds. The summed E-state index contributed by atoms with van der Waals surface area (Å²) < 4.78 is 27.6. The first-order chi connectivity index (χ1) is 7.72. The molecule has 0 saturated carbocycles. The fourth-order valence-electron chi connectivity index (χ4n) is 1.34. The number of hydrogen-bond acceptors (Lipinski definition) is 5. The molecule has 17 heavy (non-hydrogen) atoms. The molecule has 0 heterocycles. The molecule has 0 aliphatic carbocycles. The van der Waals surface area contributed by atoms with Gasteiger partial charge in [0.25, 0.3) is 0 Å². The lowest BCUT2D eigenvalue weighted by molar-refractivity contribution is -0.828. The molecule has 7 heteroatoms. The van der Waals surface area contributed by atoms with E-state index in [4.69, 9.17) is 9.05 Å². The average molecular weight is 267 g/mol. The lowest BCUT2D eigenvalue weighted by Crippen LogP contribution is -2.37. The Morgan fingerprint density at radius 3 is 1.82 bits per heavy atom. The summed E-state index contributed by atoms with van der Waals surface area (Å²) in [7, 11) is 2.74. The van der Waals surface area contributed by atoms with E-state index >= 15 is 0 Å². The Morgan fingerprint density at radius 1 is 1.18 bits per heavy atom. The van der Waals surface area contributed by atoms with Crippen molar-refractivity contribution in [3.8, 4) is 0 Å². The molecule has 102 valence electrons. The maximum absolute atomic E-state index is 12.6. The Morgan fingerprint density at radius 2 is 1.59 bits per heavy atom. The molecule has 0 aromatic carbocycles. The van der Waals surface area contributed by atoms with Crippen molar-refractivity contribution in [2.24, 2.45) is 0 Å². The zero-order valence-corrected chi connectivity index (χ0v) is 12.2. The highest BCUT2D eigenvalue weighted by atomic mass is 31.2. The second-order valence-corrected chi connectivity index (χ2v) is 6.10. The smallest absolute Gasteiger partial charge is 0.415 e. The Hall–Kier alpha value is -0.550. The first kappa shape index (κ1) is 16.4. The summed E-state index contributed by atoms with van der Waals surface area (Å²) >= 11 is 0. The molecule has 0 spiro atoms. The number of hydrogen-bond donors (Lipinski definition) is 0. The standard InChI is InChI=1S/C10H22NO5P/c1-7-15-17(13,16-8-2)9(10(12)14-6)11(3,4)5/h7-8H2,1-6H3.